The third-order valence-corrected chi connectivity index (χ3v) is 5.64. The molecule has 2 aliphatic rings. The number of hydrazine groups is 1. The van der Waals surface area contributed by atoms with E-state index in [2.05, 4.69) is 22.8 Å². The second-order valence-corrected chi connectivity index (χ2v) is 7.63. The van der Waals surface area contributed by atoms with Crippen molar-refractivity contribution in [2.75, 3.05) is 6.79 Å². The minimum Gasteiger partial charge on any atom is -0.454 e. The molecule has 1 aliphatic carbocycles. The number of ether oxygens (including phenoxy) is 2. The highest BCUT2D eigenvalue weighted by Crippen LogP contribution is 2.33. The fourth-order valence-electron chi connectivity index (χ4n) is 4.10. The number of H-pyrrole nitrogens is 1. The standard InChI is InChI=1S/C22H21N3O4/c1-12-5-7-17-16(9-12)14-3-2-4-15(20(14)23-17)22(27)25-24-21(26)13-6-8-18-19(10-13)29-11-28-18/h2-4,6,8,10,12,23H,5,7,9,11H2,1H3,(H,24,26)(H,25,27). The highest BCUT2D eigenvalue weighted by Gasteiger charge is 2.23. The second-order valence-electron chi connectivity index (χ2n) is 7.63. The minimum atomic E-state index is -0.427. The summed E-state index contributed by atoms with van der Waals surface area (Å²) in [7, 11) is 0. The first-order valence-electron chi connectivity index (χ1n) is 9.73. The van der Waals surface area contributed by atoms with Crippen molar-refractivity contribution >= 4 is 22.7 Å². The SMILES string of the molecule is CC1CCc2[nH]c3c(C(=O)NNC(=O)c4ccc5c(c4)OCO5)cccc3c2C1. The van der Waals surface area contributed by atoms with Crippen LogP contribution in [0.2, 0.25) is 0 Å². The molecule has 7 nitrogen and oxygen atoms in total. The van der Waals surface area contributed by atoms with Gasteiger partial charge >= 0.3 is 0 Å². The molecule has 2 amide bonds. The fourth-order valence-corrected chi connectivity index (χ4v) is 4.10. The van der Waals surface area contributed by atoms with Crippen LogP contribution in [0.3, 0.4) is 0 Å². The molecule has 3 N–H and O–H groups in total. The number of aryl methyl sites for hydroxylation is 1. The molecule has 1 aliphatic heterocycles. The number of carbonyl (C=O) groups is 2. The molecule has 2 heterocycles. The van der Waals surface area contributed by atoms with E-state index in [1.807, 2.05) is 12.1 Å². The van der Waals surface area contributed by atoms with E-state index in [4.69, 9.17) is 9.47 Å². The van der Waals surface area contributed by atoms with Crippen LogP contribution in [-0.4, -0.2) is 23.6 Å². The Morgan fingerprint density at radius 3 is 2.79 bits per heavy atom. The maximum absolute atomic E-state index is 12.8. The Kier molecular flexibility index (Phi) is 4.16. The molecule has 148 valence electrons. The molecule has 0 saturated heterocycles. The Hall–Kier alpha value is -3.48. The van der Waals surface area contributed by atoms with Crippen LogP contribution in [0.1, 0.15) is 45.3 Å². The van der Waals surface area contributed by atoms with E-state index in [9.17, 15) is 9.59 Å². The lowest BCUT2D eigenvalue weighted by Gasteiger charge is -2.17. The molecule has 0 radical (unpaired) electrons. The smallest absolute Gasteiger partial charge is 0.271 e. The van der Waals surface area contributed by atoms with Gasteiger partial charge in [-0.15, -0.1) is 0 Å². The van der Waals surface area contributed by atoms with Crippen LogP contribution in [0.4, 0.5) is 0 Å². The lowest BCUT2D eigenvalue weighted by molar-refractivity contribution is 0.0847. The van der Waals surface area contributed by atoms with Crippen molar-refractivity contribution in [3.63, 3.8) is 0 Å². The van der Waals surface area contributed by atoms with Gasteiger partial charge in [-0.25, -0.2) is 0 Å². The molecule has 0 bridgehead atoms. The van der Waals surface area contributed by atoms with Gasteiger partial charge in [0.05, 0.1) is 11.1 Å². The number of rotatable bonds is 2. The van der Waals surface area contributed by atoms with E-state index < -0.39 is 5.91 Å². The van der Waals surface area contributed by atoms with E-state index in [1.165, 1.54) is 11.3 Å². The zero-order valence-electron chi connectivity index (χ0n) is 16.0. The highest BCUT2D eigenvalue weighted by molar-refractivity contribution is 6.07. The van der Waals surface area contributed by atoms with Gasteiger partial charge in [0.2, 0.25) is 6.79 Å². The largest absolute Gasteiger partial charge is 0.454 e. The van der Waals surface area contributed by atoms with Crippen LogP contribution in [0.5, 0.6) is 11.5 Å². The number of aromatic amines is 1. The Morgan fingerprint density at radius 2 is 1.90 bits per heavy atom. The maximum Gasteiger partial charge on any atom is 0.271 e. The monoisotopic (exact) mass is 391 g/mol. The molecular formula is C22H21N3O4. The summed E-state index contributed by atoms with van der Waals surface area (Å²) in [4.78, 5) is 28.6. The Bertz CT molecular complexity index is 1130. The van der Waals surface area contributed by atoms with Crippen molar-refractivity contribution < 1.29 is 19.1 Å². The zero-order chi connectivity index (χ0) is 20.0. The van der Waals surface area contributed by atoms with Crippen LogP contribution >= 0.6 is 0 Å². The predicted molar refractivity (Wildman–Crippen MR) is 107 cm³/mol. The van der Waals surface area contributed by atoms with Gasteiger partial charge in [-0.3, -0.25) is 20.4 Å². The third-order valence-electron chi connectivity index (χ3n) is 5.64. The molecule has 5 rings (SSSR count). The number of aromatic nitrogens is 1. The van der Waals surface area contributed by atoms with Crippen molar-refractivity contribution in [1.29, 1.82) is 0 Å². The van der Waals surface area contributed by atoms with Gasteiger partial charge < -0.3 is 14.5 Å². The Balaban J connectivity index is 1.35. The summed E-state index contributed by atoms with van der Waals surface area (Å²) in [6.07, 6.45) is 3.15. The minimum absolute atomic E-state index is 0.139. The topological polar surface area (TPSA) is 92.5 Å². The van der Waals surface area contributed by atoms with Gasteiger partial charge in [0.15, 0.2) is 11.5 Å². The van der Waals surface area contributed by atoms with Gasteiger partial charge in [-0.1, -0.05) is 19.1 Å². The molecule has 0 spiro atoms. The molecule has 7 heteroatoms. The lowest BCUT2D eigenvalue weighted by Crippen LogP contribution is -2.41. The van der Waals surface area contributed by atoms with Gasteiger partial charge in [0.25, 0.3) is 11.8 Å². The molecular weight excluding hydrogens is 370 g/mol. The van der Waals surface area contributed by atoms with Crippen LogP contribution in [-0.2, 0) is 12.8 Å². The number of fused-ring (bicyclic) bond motifs is 4. The van der Waals surface area contributed by atoms with E-state index >= 15 is 0 Å². The molecule has 0 fully saturated rings. The van der Waals surface area contributed by atoms with Crippen molar-refractivity contribution in [2.24, 2.45) is 5.92 Å². The van der Waals surface area contributed by atoms with E-state index in [0.717, 1.165) is 30.2 Å². The number of para-hydroxylation sites is 1. The van der Waals surface area contributed by atoms with Gasteiger partial charge in [0, 0.05) is 16.6 Å². The van der Waals surface area contributed by atoms with E-state index in [-0.39, 0.29) is 12.7 Å². The summed E-state index contributed by atoms with van der Waals surface area (Å²) in [6.45, 7) is 2.39. The molecule has 0 saturated carbocycles. The van der Waals surface area contributed by atoms with Crippen LogP contribution in [0.25, 0.3) is 10.9 Å². The molecule has 3 aromatic rings. The van der Waals surface area contributed by atoms with Gasteiger partial charge in [0.1, 0.15) is 0 Å². The quantitative estimate of drug-likeness (QED) is 0.586. The Labute approximate surface area is 167 Å². The number of amides is 2. The molecule has 1 unspecified atom stereocenters. The van der Waals surface area contributed by atoms with Crippen molar-refractivity contribution in [3.8, 4) is 11.5 Å². The maximum atomic E-state index is 12.8. The summed E-state index contributed by atoms with van der Waals surface area (Å²) in [5.74, 6) is 0.960. The lowest BCUT2D eigenvalue weighted by atomic mass is 9.87. The van der Waals surface area contributed by atoms with Gasteiger partial charge in [-0.05, 0) is 55.0 Å². The third kappa shape index (κ3) is 3.08. The van der Waals surface area contributed by atoms with E-state index in [1.54, 1.807) is 24.3 Å². The second kappa shape index (κ2) is 6.84. The number of carbonyl (C=O) groups excluding carboxylic acids is 2. The highest BCUT2D eigenvalue weighted by atomic mass is 16.7. The summed E-state index contributed by atoms with van der Waals surface area (Å²) in [5.41, 5.74) is 9.21. The number of hydrogen-bond donors (Lipinski definition) is 3. The molecule has 1 aromatic heterocycles. The molecule has 2 aromatic carbocycles. The van der Waals surface area contributed by atoms with Crippen LogP contribution in [0.15, 0.2) is 36.4 Å². The molecule has 1 atom stereocenters. The average molecular weight is 391 g/mol. The number of nitrogens with one attached hydrogen (secondary N) is 3. The average Bonchev–Trinajstić information content (AvgIpc) is 3.35. The first kappa shape index (κ1) is 17.6. The predicted octanol–water partition coefficient (Wildman–Crippen LogP) is 3.10. The van der Waals surface area contributed by atoms with Crippen LogP contribution in [0, 0.1) is 5.92 Å². The summed E-state index contributed by atoms with van der Waals surface area (Å²) in [6, 6.07) is 10.6. The Morgan fingerprint density at radius 1 is 1.07 bits per heavy atom. The van der Waals surface area contributed by atoms with Crippen molar-refractivity contribution in [1.82, 2.24) is 15.8 Å². The molecule has 29 heavy (non-hydrogen) atoms. The van der Waals surface area contributed by atoms with Crippen molar-refractivity contribution in [2.45, 2.75) is 26.2 Å². The summed E-state index contributed by atoms with van der Waals surface area (Å²) in [5, 5.41) is 1.08. The summed E-state index contributed by atoms with van der Waals surface area (Å²) >= 11 is 0. The van der Waals surface area contributed by atoms with Crippen LogP contribution < -0.4 is 20.3 Å². The summed E-state index contributed by atoms with van der Waals surface area (Å²) < 4.78 is 10.5. The van der Waals surface area contributed by atoms with Gasteiger partial charge in [-0.2, -0.15) is 0 Å². The zero-order valence-corrected chi connectivity index (χ0v) is 16.0. The van der Waals surface area contributed by atoms with E-state index in [0.29, 0.717) is 28.5 Å². The first-order chi connectivity index (χ1) is 14.1. The number of hydrogen-bond acceptors (Lipinski definition) is 4. The number of benzene rings is 2. The van der Waals surface area contributed by atoms with Crippen molar-refractivity contribution in [3.05, 3.63) is 58.8 Å². The normalized spacial score (nSPS) is 17.1. The first-order valence-corrected chi connectivity index (χ1v) is 9.73. The fraction of sp³-hybridized carbons (Fsp3) is 0.273.